The zero-order valence-corrected chi connectivity index (χ0v) is 18.7. The lowest BCUT2D eigenvalue weighted by Crippen LogP contribution is -2.12. The molecule has 3 N–H and O–H groups in total. The Bertz CT molecular complexity index is 1100. The van der Waals surface area contributed by atoms with Crippen LogP contribution in [0.2, 0.25) is 0 Å². The first-order valence-corrected chi connectivity index (χ1v) is 11.0. The quantitative estimate of drug-likeness (QED) is 0.444. The lowest BCUT2D eigenvalue weighted by Gasteiger charge is -2.18. The number of primary amides is 1. The largest absolute Gasteiger partial charge is 0.508 e. The number of carbonyl (C=O) groups excluding carboxylic acids is 1. The van der Waals surface area contributed by atoms with E-state index in [0.29, 0.717) is 5.75 Å². The van der Waals surface area contributed by atoms with E-state index in [4.69, 9.17) is 10.5 Å². The van der Waals surface area contributed by atoms with E-state index in [0.717, 1.165) is 35.3 Å². The standard InChI is InChI=1S/C26H27NO3S/c1-15-12-18(28)13-16(2)26(15)22-5-3-4-21-20(22)10-11-23(21)30-19-8-6-17(7-9-19)24(31)14-25(27)29/h3-9,12-13,23-24,28,31H,10-11,14H2,1-2H3,(H2,27,29)/t23-,24?/m1/s1. The molecule has 0 saturated carbocycles. The number of nitrogens with two attached hydrogens (primary N) is 1. The first-order chi connectivity index (χ1) is 14.8. The van der Waals surface area contributed by atoms with E-state index < -0.39 is 0 Å². The highest BCUT2D eigenvalue weighted by Crippen LogP contribution is 2.42. The number of benzene rings is 3. The molecule has 1 aliphatic rings. The molecule has 1 amide bonds. The van der Waals surface area contributed by atoms with Crippen molar-refractivity contribution >= 4 is 18.5 Å². The minimum Gasteiger partial charge on any atom is -0.508 e. The molecule has 160 valence electrons. The van der Waals surface area contributed by atoms with Crippen molar-refractivity contribution < 1.29 is 14.6 Å². The number of hydrogen-bond acceptors (Lipinski definition) is 4. The molecule has 3 aromatic rings. The number of aryl methyl sites for hydroxylation is 2. The summed E-state index contributed by atoms with van der Waals surface area (Å²) in [6.45, 7) is 4.08. The molecule has 2 atom stereocenters. The van der Waals surface area contributed by atoms with Crippen molar-refractivity contribution in [3.8, 4) is 22.6 Å². The molecule has 4 nitrogen and oxygen atoms in total. The van der Waals surface area contributed by atoms with E-state index in [9.17, 15) is 9.90 Å². The van der Waals surface area contributed by atoms with E-state index in [-0.39, 0.29) is 23.7 Å². The topological polar surface area (TPSA) is 72.6 Å². The molecule has 0 saturated heterocycles. The molecular formula is C26H27NO3S. The molecule has 0 bridgehead atoms. The van der Waals surface area contributed by atoms with Crippen molar-refractivity contribution in [3.63, 3.8) is 0 Å². The zero-order valence-electron chi connectivity index (χ0n) is 17.8. The second kappa shape index (κ2) is 8.67. The summed E-state index contributed by atoms with van der Waals surface area (Å²) in [4.78, 5) is 11.1. The van der Waals surface area contributed by atoms with Crippen LogP contribution in [0.15, 0.2) is 54.6 Å². The van der Waals surface area contributed by atoms with Crippen LogP contribution in [0.25, 0.3) is 11.1 Å². The van der Waals surface area contributed by atoms with Gasteiger partial charge in [0.1, 0.15) is 17.6 Å². The third-order valence-corrected chi connectivity index (χ3v) is 6.42. The number of phenols is 1. The summed E-state index contributed by atoms with van der Waals surface area (Å²) in [5.41, 5.74) is 13.3. The van der Waals surface area contributed by atoms with Crippen LogP contribution >= 0.6 is 12.6 Å². The molecule has 0 aliphatic heterocycles. The first kappa shape index (κ1) is 21.3. The number of fused-ring (bicyclic) bond motifs is 1. The molecule has 0 spiro atoms. The Kier molecular flexibility index (Phi) is 5.96. The Balaban J connectivity index is 1.58. The summed E-state index contributed by atoms with van der Waals surface area (Å²) in [5.74, 6) is 0.733. The number of aromatic hydroxyl groups is 1. The van der Waals surface area contributed by atoms with Crippen LogP contribution in [0, 0.1) is 13.8 Å². The maximum atomic E-state index is 11.1. The van der Waals surface area contributed by atoms with Gasteiger partial charge < -0.3 is 15.6 Å². The first-order valence-electron chi connectivity index (χ1n) is 10.5. The van der Waals surface area contributed by atoms with E-state index in [1.165, 1.54) is 22.3 Å². The van der Waals surface area contributed by atoms with Gasteiger partial charge in [-0.25, -0.2) is 0 Å². The van der Waals surface area contributed by atoms with Crippen molar-refractivity contribution in [1.29, 1.82) is 0 Å². The van der Waals surface area contributed by atoms with Gasteiger partial charge in [-0.2, -0.15) is 12.6 Å². The van der Waals surface area contributed by atoms with Crippen LogP contribution in [-0.4, -0.2) is 11.0 Å². The Labute approximate surface area is 188 Å². The van der Waals surface area contributed by atoms with Gasteiger partial charge in [0.05, 0.1) is 0 Å². The fourth-order valence-electron chi connectivity index (χ4n) is 4.58. The summed E-state index contributed by atoms with van der Waals surface area (Å²) in [5, 5.41) is 9.70. The Morgan fingerprint density at radius 3 is 2.48 bits per heavy atom. The maximum absolute atomic E-state index is 11.1. The molecule has 0 heterocycles. The van der Waals surface area contributed by atoms with E-state index in [2.05, 4.69) is 30.8 Å². The smallest absolute Gasteiger partial charge is 0.218 e. The molecule has 4 rings (SSSR count). The fraction of sp³-hybridized carbons (Fsp3) is 0.269. The molecule has 1 unspecified atom stereocenters. The molecule has 5 heteroatoms. The highest BCUT2D eigenvalue weighted by Gasteiger charge is 2.27. The van der Waals surface area contributed by atoms with Crippen molar-refractivity contribution in [2.75, 3.05) is 0 Å². The number of hydrogen-bond donors (Lipinski definition) is 3. The highest BCUT2D eigenvalue weighted by atomic mass is 32.1. The average molecular weight is 434 g/mol. The van der Waals surface area contributed by atoms with Crippen LogP contribution in [0.5, 0.6) is 11.5 Å². The number of phenolic OH excluding ortho intramolecular Hbond substituents is 1. The number of rotatable bonds is 6. The SMILES string of the molecule is Cc1cc(O)cc(C)c1-c1cccc2c1CC[C@H]2Oc1ccc(C(S)CC(N)=O)cc1. The zero-order chi connectivity index (χ0) is 22.1. The van der Waals surface area contributed by atoms with Crippen LogP contribution in [0.3, 0.4) is 0 Å². The molecular weight excluding hydrogens is 406 g/mol. The van der Waals surface area contributed by atoms with Crippen LogP contribution in [0.1, 0.15) is 52.0 Å². The molecule has 0 fully saturated rings. The van der Waals surface area contributed by atoms with Gasteiger partial charge in [-0.3, -0.25) is 4.79 Å². The normalized spacial score (nSPS) is 16.0. The summed E-state index contributed by atoms with van der Waals surface area (Å²) >= 11 is 4.46. The molecule has 0 radical (unpaired) electrons. The van der Waals surface area contributed by atoms with Gasteiger partial charge in [-0.05, 0) is 89.9 Å². The van der Waals surface area contributed by atoms with Crippen molar-refractivity contribution in [3.05, 3.63) is 82.4 Å². The van der Waals surface area contributed by atoms with Gasteiger partial charge in [-0.1, -0.05) is 30.3 Å². The predicted octanol–water partition coefficient (Wildman–Crippen LogP) is 5.59. The van der Waals surface area contributed by atoms with Gasteiger partial charge in [0, 0.05) is 11.7 Å². The monoisotopic (exact) mass is 433 g/mol. The summed E-state index contributed by atoms with van der Waals surface area (Å²) in [6, 6.07) is 17.8. The third kappa shape index (κ3) is 4.42. The number of carbonyl (C=O) groups is 1. The second-order valence-corrected chi connectivity index (χ2v) is 8.85. The number of ether oxygens (including phenoxy) is 1. The minimum atomic E-state index is -0.363. The average Bonchev–Trinajstić information content (AvgIpc) is 3.11. The Morgan fingerprint density at radius 2 is 1.84 bits per heavy atom. The van der Waals surface area contributed by atoms with Crippen molar-refractivity contribution in [1.82, 2.24) is 0 Å². The number of amides is 1. The molecule has 31 heavy (non-hydrogen) atoms. The van der Waals surface area contributed by atoms with Gasteiger partial charge >= 0.3 is 0 Å². The second-order valence-electron chi connectivity index (χ2n) is 8.23. The predicted molar refractivity (Wildman–Crippen MR) is 127 cm³/mol. The third-order valence-electron chi connectivity index (χ3n) is 5.94. The summed E-state index contributed by atoms with van der Waals surface area (Å²) < 4.78 is 6.33. The van der Waals surface area contributed by atoms with Crippen molar-refractivity contribution in [2.45, 2.75) is 44.5 Å². The minimum absolute atomic E-state index is 0.00375. The molecule has 1 aliphatic carbocycles. The molecule has 3 aromatic carbocycles. The maximum Gasteiger partial charge on any atom is 0.218 e. The van der Waals surface area contributed by atoms with Gasteiger partial charge in [0.25, 0.3) is 0 Å². The van der Waals surface area contributed by atoms with Gasteiger partial charge in [0.15, 0.2) is 0 Å². The fourth-order valence-corrected chi connectivity index (χ4v) is 4.93. The molecule has 0 aromatic heterocycles. The van der Waals surface area contributed by atoms with Gasteiger partial charge in [0.2, 0.25) is 5.91 Å². The van der Waals surface area contributed by atoms with Gasteiger partial charge in [-0.15, -0.1) is 0 Å². The Hall–Kier alpha value is -2.92. The van der Waals surface area contributed by atoms with Crippen LogP contribution in [0.4, 0.5) is 0 Å². The van der Waals surface area contributed by atoms with E-state index in [1.807, 2.05) is 50.2 Å². The van der Waals surface area contributed by atoms with E-state index in [1.54, 1.807) is 0 Å². The summed E-state index contributed by atoms with van der Waals surface area (Å²) in [6.07, 6.45) is 2.07. The van der Waals surface area contributed by atoms with Crippen LogP contribution in [-0.2, 0) is 11.2 Å². The summed E-state index contributed by atoms with van der Waals surface area (Å²) in [7, 11) is 0. The Morgan fingerprint density at radius 1 is 1.16 bits per heavy atom. The highest BCUT2D eigenvalue weighted by molar-refractivity contribution is 7.80. The van der Waals surface area contributed by atoms with Crippen molar-refractivity contribution in [2.24, 2.45) is 5.73 Å². The number of thiol groups is 1. The van der Waals surface area contributed by atoms with E-state index >= 15 is 0 Å². The van der Waals surface area contributed by atoms with Crippen LogP contribution < -0.4 is 10.5 Å². The lowest BCUT2D eigenvalue weighted by atomic mass is 9.90. The lowest BCUT2D eigenvalue weighted by molar-refractivity contribution is -0.118.